The van der Waals surface area contributed by atoms with Crippen molar-refractivity contribution >= 4 is 0 Å². The number of hydrogen-bond donors (Lipinski definition) is 3. The average molecular weight is 309 g/mol. The first-order valence-corrected chi connectivity index (χ1v) is 8.40. The van der Waals surface area contributed by atoms with Crippen molar-refractivity contribution < 1.29 is 10.2 Å². The summed E-state index contributed by atoms with van der Waals surface area (Å²) in [7, 11) is 0. The van der Waals surface area contributed by atoms with Gasteiger partial charge >= 0.3 is 0 Å². The molecule has 0 bridgehead atoms. The molecular weight excluding hydrogens is 286 g/mol. The summed E-state index contributed by atoms with van der Waals surface area (Å²) in [6, 6.07) is 11.4. The van der Waals surface area contributed by atoms with E-state index < -0.39 is 0 Å². The highest BCUT2D eigenvalue weighted by Crippen LogP contribution is 2.42. The van der Waals surface area contributed by atoms with Crippen LogP contribution in [0, 0.1) is 6.92 Å². The second kappa shape index (κ2) is 5.75. The Hall–Kier alpha value is -1.68. The number of aryl methyl sites for hydroxylation is 2. The van der Waals surface area contributed by atoms with Gasteiger partial charge in [-0.05, 0) is 53.1 Å². The van der Waals surface area contributed by atoms with E-state index in [1.807, 2.05) is 0 Å². The van der Waals surface area contributed by atoms with Crippen LogP contribution in [0.15, 0.2) is 30.3 Å². The number of aliphatic hydroxyl groups excluding tert-OH is 2. The maximum Gasteiger partial charge on any atom is 0.0685 e. The summed E-state index contributed by atoms with van der Waals surface area (Å²) >= 11 is 0. The van der Waals surface area contributed by atoms with Gasteiger partial charge in [-0.3, -0.25) is 0 Å². The molecule has 120 valence electrons. The molecule has 0 fully saturated rings. The van der Waals surface area contributed by atoms with Crippen LogP contribution in [0.25, 0.3) is 0 Å². The first-order chi connectivity index (χ1) is 11.2. The summed E-state index contributed by atoms with van der Waals surface area (Å²) in [5.41, 5.74) is 8.46. The standard InChI is InChI=1S/C20H23NO2/c1-12-2-3-14-9-21-19-5-4-13-7-15(10-22)16(11-23)8-18(13)20(19)17(14)6-12/h2-3,6-8,19-23H,4-5,9-11H2,1H3/t19-,20-/m1/s1. The van der Waals surface area contributed by atoms with Crippen LogP contribution in [0.3, 0.4) is 0 Å². The van der Waals surface area contributed by atoms with Crippen LogP contribution in [0.5, 0.6) is 0 Å². The maximum absolute atomic E-state index is 9.66. The van der Waals surface area contributed by atoms with E-state index in [9.17, 15) is 10.2 Å². The number of rotatable bonds is 2. The Morgan fingerprint density at radius 3 is 2.52 bits per heavy atom. The average Bonchev–Trinajstić information content (AvgIpc) is 2.59. The molecule has 2 aliphatic rings. The van der Waals surface area contributed by atoms with Crippen molar-refractivity contribution in [2.24, 2.45) is 0 Å². The highest BCUT2D eigenvalue weighted by Gasteiger charge is 2.35. The quantitative estimate of drug-likeness (QED) is 0.799. The zero-order valence-electron chi connectivity index (χ0n) is 13.5. The van der Waals surface area contributed by atoms with Gasteiger partial charge in [0.15, 0.2) is 0 Å². The van der Waals surface area contributed by atoms with Crippen LogP contribution < -0.4 is 5.32 Å². The lowest BCUT2D eigenvalue weighted by Crippen LogP contribution is -2.42. The van der Waals surface area contributed by atoms with Crippen LogP contribution in [0.2, 0.25) is 0 Å². The summed E-state index contributed by atoms with van der Waals surface area (Å²) in [5, 5.41) is 22.9. The molecule has 1 aliphatic carbocycles. The molecule has 0 radical (unpaired) electrons. The topological polar surface area (TPSA) is 52.5 Å². The number of nitrogens with one attached hydrogen (secondary N) is 1. The Bertz CT molecular complexity index is 754. The van der Waals surface area contributed by atoms with Crippen LogP contribution in [0.1, 0.15) is 51.3 Å². The molecule has 0 spiro atoms. The Balaban J connectivity index is 1.89. The largest absolute Gasteiger partial charge is 0.392 e. The minimum absolute atomic E-state index is 0.00872. The van der Waals surface area contributed by atoms with E-state index in [4.69, 9.17) is 0 Å². The van der Waals surface area contributed by atoms with Gasteiger partial charge < -0.3 is 15.5 Å². The van der Waals surface area contributed by atoms with Gasteiger partial charge in [-0.25, -0.2) is 0 Å². The molecule has 3 heteroatoms. The predicted octanol–water partition coefficient (Wildman–Crippen LogP) is 2.53. The second-order valence-corrected chi connectivity index (χ2v) is 6.84. The van der Waals surface area contributed by atoms with Gasteiger partial charge in [0, 0.05) is 18.5 Å². The molecule has 1 heterocycles. The molecular formula is C20H23NO2. The highest BCUT2D eigenvalue weighted by molar-refractivity contribution is 5.50. The maximum atomic E-state index is 9.66. The van der Waals surface area contributed by atoms with Crippen molar-refractivity contribution in [2.75, 3.05) is 0 Å². The fourth-order valence-electron chi connectivity index (χ4n) is 4.26. The molecule has 4 rings (SSSR count). The SMILES string of the molecule is Cc1ccc2c(c1)[C@@H]1c3cc(CO)c(CO)cc3CC[C@H]1NC2. The molecule has 2 aromatic rings. The van der Waals surface area contributed by atoms with Gasteiger partial charge in [0.1, 0.15) is 0 Å². The van der Waals surface area contributed by atoms with Crippen molar-refractivity contribution in [1.29, 1.82) is 0 Å². The summed E-state index contributed by atoms with van der Waals surface area (Å²) in [5.74, 6) is 0.348. The zero-order chi connectivity index (χ0) is 16.0. The fourth-order valence-corrected chi connectivity index (χ4v) is 4.26. The van der Waals surface area contributed by atoms with Crippen molar-refractivity contribution in [3.8, 4) is 0 Å². The first-order valence-electron chi connectivity index (χ1n) is 8.40. The minimum atomic E-state index is -0.0192. The summed E-state index contributed by atoms with van der Waals surface area (Å²) in [6.07, 6.45) is 2.15. The van der Waals surface area contributed by atoms with Gasteiger partial charge in [-0.15, -0.1) is 0 Å². The van der Waals surface area contributed by atoms with E-state index in [0.717, 1.165) is 30.5 Å². The second-order valence-electron chi connectivity index (χ2n) is 6.84. The van der Waals surface area contributed by atoms with E-state index in [0.29, 0.717) is 12.0 Å². The minimum Gasteiger partial charge on any atom is -0.392 e. The lowest BCUT2D eigenvalue weighted by molar-refractivity contribution is 0.259. The molecule has 3 nitrogen and oxygen atoms in total. The van der Waals surface area contributed by atoms with Crippen molar-refractivity contribution in [3.05, 3.63) is 69.3 Å². The summed E-state index contributed by atoms with van der Waals surface area (Å²) in [4.78, 5) is 0. The molecule has 0 saturated heterocycles. The third-order valence-electron chi connectivity index (χ3n) is 5.46. The Morgan fingerprint density at radius 2 is 1.74 bits per heavy atom. The predicted molar refractivity (Wildman–Crippen MR) is 90.3 cm³/mol. The van der Waals surface area contributed by atoms with Gasteiger partial charge in [0.25, 0.3) is 0 Å². The van der Waals surface area contributed by atoms with E-state index in [1.54, 1.807) is 0 Å². The summed E-state index contributed by atoms with van der Waals surface area (Å²) < 4.78 is 0. The Kier molecular flexibility index (Phi) is 3.72. The van der Waals surface area contributed by atoms with Gasteiger partial charge in [0.2, 0.25) is 0 Å². The third kappa shape index (κ3) is 2.40. The number of hydrogen-bond acceptors (Lipinski definition) is 3. The summed E-state index contributed by atoms with van der Waals surface area (Å²) in [6.45, 7) is 3.06. The molecule has 1 aliphatic heterocycles. The number of fused-ring (bicyclic) bond motifs is 5. The third-order valence-corrected chi connectivity index (χ3v) is 5.46. The van der Waals surface area contributed by atoms with E-state index in [-0.39, 0.29) is 13.2 Å². The Morgan fingerprint density at radius 1 is 1.00 bits per heavy atom. The molecule has 0 aromatic heterocycles. The van der Waals surface area contributed by atoms with E-state index in [2.05, 4.69) is 42.6 Å². The van der Waals surface area contributed by atoms with Crippen molar-refractivity contribution in [1.82, 2.24) is 5.32 Å². The van der Waals surface area contributed by atoms with Gasteiger partial charge in [-0.1, -0.05) is 35.9 Å². The molecule has 0 unspecified atom stereocenters. The number of benzene rings is 2. The number of aliphatic hydroxyl groups is 2. The van der Waals surface area contributed by atoms with Crippen molar-refractivity contribution in [2.45, 2.75) is 51.5 Å². The van der Waals surface area contributed by atoms with Crippen LogP contribution in [-0.4, -0.2) is 16.3 Å². The smallest absolute Gasteiger partial charge is 0.0685 e. The van der Waals surface area contributed by atoms with Crippen LogP contribution >= 0.6 is 0 Å². The van der Waals surface area contributed by atoms with E-state index in [1.165, 1.54) is 27.8 Å². The molecule has 3 N–H and O–H groups in total. The normalized spacial score (nSPS) is 22.2. The molecule has 0 saturated carbocycles. The zero-order valence-corrected chi connectivity index (χ0v) is 13.5. The molecule has 2 atom stereocenters. The molecule has 23 heavy (non-hydrogen) atoms. The molecule has 2 aromatic carbocycles. The monoisotopic (exact) mass is 309 g/mol. The fraction of sp³-hybridized carbons (Fsp3) is 0.400. The van der Waals surface area contributed by atoms with Crippen molar-refractivity contribution in [3.63, 3.8) is 0 Å². The van der Waals surface area contributed by atoms with Gasteiger partial charge in [-0.2, -0.15) is 0 Å². The molecule has 0 amide bonds. The Labute approximate surface area is 137 Å². The van der Waals surface area contributed by atoms with E-state index >= 15 is 0 Å². The first kappa shape index (κ1) is 14.9. The highest BCUT2D eigenvalue weighted by atomic mass is 16.3. The van der Waals surface area contributed by atoms with Crippen LogP contribution in [-0.2, 0) is 26.2 Å². The van der Waals surface area contributed by atoms with Gasteiger partial charge in [0.05, 0.1) is 13.2 Å². The lowest BCUT2D eigenvalue weighted by Gasteiger charge is -2.40. The van der Waals surface area contributed by atoms with Crippen LogP contribution in [0.4, 0.5) is 0 Å². The lowest BCUT2D eigenvalue weighted by atomic mass is 9.71.